The van der Waals surface area contributed by atoms with Gasteiger partial charge in [-0.2, -0.15) is 0 Å². The number of hydrogen-bond acceptors (Lipinski definition) is 4. The molecule has 5 heteroatoms. The molecule has 2 fully saturated rings. The summed E-state index contributed by atoms with van der Waals surface area (Å²) in [7, 11) is 0. The molecule has 5 nitrogen and oxygen atoms in total. The quantitative estimate of drug-likeness (QED) is 0.805. The Labute approximate surface area is 121 Å². The molecule has 0 aromatic heterocycles. The van der Waals surface area contributed by atoms with Gasteiger partial charge in [0.1, 0.15) is 0 Å². The van der Waals surface area contributed by atoms with Gasteiger partial charge in [-0.1, -0.05) is 13.3 Å². The summed E-state index contributed by atoms with van der Waals surface area (Å²) in [6.45, 7) is 8.04. The van der Waals surface area contributed by atoms with Crippen LogP contribution < -0.4 is 5.32 Å². The third kappa shape index (κ3) is 3.15. The number of nitrogens with zero attached hydrogens (tertiary/aromatic N) is 1. The Morgan fingerprint density at radius 3 is 2.80 bits per heavy atom. The van der Waals surface area contributed by atoms with E-state index in [2.05, 4.69) is 12.2 Å². The molecule has 2 aliphatic heterocycles. The first-order valence-electron chi connectivity index (χ1n) is 7.75. The van der Waals surface area contributed by atoms with Gasteiger partial charge in [-0.3, -0.25) is 4.79 Å². The van der Waals surface area contributed by atoms with Gasteiger partial charge >= 0.3 is 0 Å². The summed E-state index contributed by atoms with van der Waals surface area (Å²) in [4.78, 5) is 14.9. The fraction of sp³-hybridized carbons (Fsp3) is 0.933. The van der Waals surface area contributed by atoms with Gasteiger partial charge in [-0.05, 0) is 39.7 Å². The maximum Gasteiger partial charge on any atom is 0.243 e. The Bertz CT molecular complexity index is 351. The van der Waals surface area contributed by atoms with E-state index in [1.165, 1.54) is 0 Å². The standard InChI is InChI=1S/C15H28N2O3/c1-4-6-15(7-5-8-16-15)13(19)17-9-12(10-18)20-14(2,3)11-17/h12,16,18H,4-11H2,1-3H3. The minimum absolute atomic E-state index is 0.0403. The van der Waals surface area contributed by atoms with Crippen molar-refractivity contribution < 1.29 is 14.6 Å². The molecule has 0 radical (unpaired) electrons. The normalized spacial score (nSPS) is 33.4. The predicted molar refractivity (Wildman–Crippen MR) is 77.5 cm³/mol. The van der Waals surface area contributed by atoms with Gasteiger partial charge in [0.2, 0.25) is 5.91 Å². The van der Waals surface area contributed by atoms with E-state index in [-0.39, 0.29) is 24.2 Å². The second kappa shape index (κ2) is 6.00. The first kappa shape index (κ1) is 15.7. The highest BCUT2D eigenvalue weighted by molar-refractivity contribution is 5.87. The molecule has 2 unspecified atom stereocenters. The fourth-order valence-corrected chi connectivity index (χ4v) is 3.58. The van der Waals surface area contributed by atoms with E-state index >= 15 is 0 Å². The van der Waals surface area contributed by atoms with Gasteiger partial charge in [0.25, 0.3) is 0 Å². The first-order valence-corrected chi connectivity index (χ1v) is 7.75. The Morgan fingerprint density at radius 1 is 1.50 bits per heavy atom. The van der Waals surface area contributed by atoms with Crippen LogP contribution in [0.1, 0.15) is 46.5 Å². The monoisotopic (exact) mass is 284 g/mol. The second-order valence-electron chi connectivity index (χ2n) is 6.73. The number of morpholine rings is 1. The Balaban J connectivity index is 2.14. The molecule has 2 saturated heterocycles. The van der Waals surface area contributed by atoms with Crippen LogP contribution in [-0.4, -0.2) is 59.4 Å². The van der Waals surface area contributed by atoms with Gasteiger partial charge in [0, 0.05) is 13.1 Å². The smallest absolute Gasteiger partial charge is 0.243 e. The molecule has 0 spiro atoms. The van der Waals surface area contributed by atoms with Crippen LogP contribution in [0.2, 0.25) is 0 Å². The number of nitrogens with one attached hydrogen (secondary N) is 1. The van der Waals surface area contributed by atoms with E-state index < -0.39 is 5.60 Å². The van der Waals surface area contributed by atoms with Crippen LogP contribution in [0.3, 0.4) is 0 Å². The van der Waals surface area contributed by atoms with Gasteiger partial charge < -0.3 is 20.1 Å². The molecule has 0 aromatic rings. The topological polar surface area (TPSA) is 61.8 Å². The van der Waals surface area contributed by atoms with Crippen LogP contribution in [0.4, 0.5) is 0 Å². The van der Waals surface area contributed by atoms with Crippen LogP contribution in [0.5, 0.6) is 0 Å². The minimum atomic E-state index is -0.396. The summed E-state index contributed by atoms with van der Waals surface area (Å²) >= 11 is 0. The third-order valence-corrected chi connectivity index (χ3v) is 4.30. The highest BCUT2D eigenvalue weighted by atomic mass is 16.5. The van der Waals surface area contributed by atoms with E-state index in [9.17, 15) is 9.90 Å². The van der Waals surface area contributed by atoms with Crippen molar-refractivity contribution in [2.45, 2.75) is 63.7 Å². The van der Waals surface area contributed by atoms with E-state index in [1.54, 1.807) is 0 Å². The molecule has 116 valence electrons. The maximum atomic E-state index is 13.0. The van der Waals surface area contributed by atoms with Crippen LogP contribution in [-0.2, 0) is 9.53 Å². The van der Waals surface area contributed by atoms with Crippen LogP contribution >= 0.6 is 0 Å². The Kier molecular flexibility index (Phi) is 4.72. The Morgan fingerprint density at radius 2 is 2.25 bits per heavy atom. The van der Waals surface area contributed by atoms with E-state index in [0.29, 0.717) is 13.1 Å². The van der Waals surface area contributed by atoms with Crippen molar-refractivity contribution in [1.29, 1.82) is 0 Å². The summed E-state index contributed by atoms with van der Waals surface area (Å²) in [5, 5.41) is 12.8. The maximum absolute atomic E-state index is 13.0. The molecule has 1 amide bonds. The van der Waals surface area contributed by atoms with E-state index in [4.69, 9.17) is 4.74 Å². The van der Waals surface area contributed by atoms with Gasteiger partial charge in [0.05, 0.1) is 23.9 Å². The van der Waals surface area contributed by atoms with Crippen molar-refractivity contribution in [3.63, 3.8) is 0 Å². The summed E-state index contributed by atoms with van der Waals surface area (Å²) < 4.78 is 5.79. The summed E-state index contributed by atoms with van der Waals surface area (Å²) in [5.41, 5.74) is -0.782. The van der Waals surface area contributed by atoms with E-state index in [1.807, 2.05) is 18.7 Å². The minimum Gasteiger partial charge on any atom is -0.394 e. The molecular formula is C15H28N2O3. The molecule has 20 heavy (non-hydrogen) atoms. The first-order chi connectivity index (χ1) is 9.42. The molecule has 2 aliphatic rings. The lowest BCUT2D eigenvalue weighted by Gasteiger charge is -2.45. The largest absolute Gasteiger partial charge is 0.394 e. The van der Waals surface area contributed by atoms with Crippen LogP contribution in [0.15, 0.2) is 0 Å². The average molecular weight is 284 g/mol. The van der Waals surface area contributed by atoms with Crippen molar-refractivity contribution in [2.24, 2.45) is 0 Å². The van der Waals surface area contributed by atoms with Crippen molar-refractivity contribution >= 4 is 5.91 Å². The molecule has 0 aromatic carbocycles. The van der Waals surface area contributed by atoms with Crippen molar-refractivity contribution in [1.82, 2.24) is 10.2 Å². The summed E-state index contributed by atoms with van der Waals surface area (Å²) in [6, 6.07) is 0. The van der Waals surface area contributed by atoms with Crippen molar-refractivity contribution in [2.75, 3.05) is 26.2 Å². The van der Waals surface area contributed by atoms with E-state index in [0.717, 1.165) is 32.2 Å². The van der Waals surface area contributed by atoms with Crippen molar-refractivity contribution in [3.8, 4) is 0 Å². The zero-order chi connectivity index (χ0) is 14.8. The SMILES string of the molecule is CCCC1(C(=O)N2CC(CO)OC(C)(C)C2)CCCN1. The fourth-order valence-electron chi connectivity index (χ4n) is 3.58. The molecule has 0 bridgehead atoms. The number of aliphatic hydroxyl groups excluding tert-OH is 1. The zero-order valence-corrected chi connectivity index (χ0v) is 12.9. The Hall–Kier alpha value is -0.650. The summed E-state index contributed by atoms with van der Waals surface area (Å²) in [5.74, 6) is 0.187. The second-order valence-corrected chi connectivity index (χ2v) is 6.73. The lowest BCUT2D eigenvalue weighted by molar-refractivity contribution is -0.171. The molecule has 2 rings (SSSR count). The zero-order valence-electron chi connectivity index (χ0n) is 12.9. The van der Waals surface area contributed by atoms with Gasteiger partial charge in [0.15, 0.2) is 0 Å². The van der Waals surface area contributed by atoms with Crippen molar-refractivity contribution in [3.05, 3.63) is 0 Å². The number of rotatable bonds is 4. The van der Waals surface area contributed by atoms with Crippen LogP contribution in [0, 0.1) is 0 Å². The number of hydrogen-bond donors (Lipinski definition) is 2. The lowest BCUT2D eigenvalue weighted by Crippen LogP contribution is -2.62. The number of aliphatic hydroxyl groups is 1. The highest BCUT2D eigenvalue weighted by Crippen LogP contribution is 2.30. The molecule has 2 N–H and O–H groups in total. The van der Waals surface area contributed by atoms with Crippen LogP contribution in [0.25, 0.3) is 0 Å². The summed E-state index contributed by atoms with van der Waals surface area (Å²) in [6.07, 6.45) is 3.58. The van der Waals surface area contributed by atoms with Gasteiger partial charge in [-0.25, -0.2) is 0 Å². The lowest BCUT2D eigenvalue weighted by atomic mass is 9.89. The molecule has 2 atom stereocenters. The third-order valence-electron chi connectivity index (χ3n) is 4.30. The number of amides is 1. The number of carbonyl (C=O) groups excluding carboxylic acids is 1. The number of carbonyl (C=O) groups is 1. The molecular weight excluding hydrogens is 256 g/mol. The molecule has 2 heterocycles. The predicted octanol–water partition coefficient (Wildman–Crippen LogP) is 0.907. The highest BCUT2D eigenvalue weighted by Gasteiger charge is 2.45. The number of ether oxygens (including phenoxy) is 1. The average Bonchev–Trinajstić information content (AvgIpc) is 2.86. The molecule has 0 aliphatic carbocycles. The molecule has 0 saturated carbocycles. The van der Waals surface area contributed by atoms with Gasteiger partial charge in [-0.15, -0.1) is 0 Å².